The maximum Gasteiger partial charge on any atom is 0.146 e. The molecule has 1 aliphatic rings. The Morgan fingerprint density at radius 3 is 2.61 bits per heavy atom. The monoisotopic (exact) mass is 251 g/mol. The summed E-state index contributed by atoms with van der Waals surface area (Å²) in [4.78, 5) is 4.35. The van der Waals surface area contributed by atoms with E-state index in [1.807, 2.05) is 12.1 Å². The van der Waals surface area contributed by atoms with Gasteiger partial charge in [-0.25, -0.2) is 4.39 Å². The van der Waals surface area contributed by atoms with Crippen molar-refractivity contribution in [1.82, 2.24) is 4.90 Å². The van der Waals surface area contributed by atoms with Crippen molar-refractivity contribution in [2.75, 3.05) is 32.1 Å². The van der Waals surface area contributed by atoms with E-state index >= 15 is 0 Å². The highest BCUT2D eigenvalue weighted by Gasteiger charge is 2.32. The van der Waals surface area contributed by atoms with Gasteiger partial charge in [0.05, 0.1) is 5.69 Å². The molecule has 1 aliphatic heterocycles. The summed E-state index contributed by atoms with van der Waals surface area (Å²) in [5, 5.41) is 0. The van der Waals surface area contributed by atoms with Crippen molar-refractivity contribution in [3.05, 3.63) is 29.6 Å². The first-order valence-electron chi connectivity index (χ1n) is 6.42. The molecule has 1 heterocycles. The lowest BCUT2D eigenvalue weighted by atomic mass is 10.1. The van der Waals surface area contributed by atoms with Crippen LogP contribution >= 0.6 is 0 Å². The Hall–Kier alpha value is -1.13. The molecule has 1 fully saturated rings. The molecule has 2 rings (SSSR count). The molecule has 4 heteroatoms. The number of nitrogens with zero attached hydrogens (tertiary/aromatic N) is 2. The second-order valence-corrected chi connectivity index (χ2v) is 5.40. The Kier molecular flexibility index (Phi) is 3.88. The van der Waals surface area contributed by atoms with Crippen LogP contribution in [0.15, 0.2) is 18.2 Å². The van der Waals surface area contributed by atoms with Gasteiger partial charge in [0.2, 0.25) is 0 Å². The Balaban J connectivity index is 2.18. The third kappa shape index (κ3) is 2.49. The van der Waals surface area contributed by atoms with Crippen molar-refractivity contribution in [2.45, 2.75) is 19.5 Å². The van der Waals surface area contributed by atoms with E-state index in [0.717, 1.165) is 18.7 Å². The molecule has 100 valence electrons. The molecule has 2 unspecified atom stereocenters. The zero-order valence-corrected chi connectivity index (χ0v) is 11.4. The summed E-state index contributed by atoms with van der Waals surface area (Å²) in [5.74, 6) is 0.387. The van der Waals surface area contributed by atoms with E-state index in [1.165, 1.54) is 0 Å². The Morgan fingerprint density at radius 1 is 1.39 bits per heavy atom. The van der Waals surface area contributed by atoms with E-state index in [9.17, 15) is 4.39 Å². The predicted molar refractivity (Wildman–Crippen MR) is 73.1 cm³/mol. The van der Waals surface area contributed by atoms with E-state index < -0.39 is 0 Å². The van der Waals surface area contributed by atoms with Gasteiger partial charge in [0.25, 0.3) is 0 Å². The van der Waals surface area contributed by atoms with Crippen molar-refractivity contribution >= 4 is 5.69 Å². The fourth-order valence-electron chi connectivity index (χ4n) is 2.75. The van der Waals surface area contributed by atoms with E-state index in [2.05, 4.69) is 30.8 Å². The SMILES string of the molecule is CC1CN(c2ccc(CN)cc2F)CC1N(C)C. The van der Waals surface area contributed by atoms with Crippen molar-refractivity contribution in [2.24, 2.45) is 11.7 Å². The molecule has 0 saturated carbocycles. The van der Waals surface area contributed by atoms with Crippen LogP contribution in [-0.4, -0.2) is 38.1 Å². The Bertz CT molecular complexity index is 420. The van der Waals surface area contributed by atoms with E-state index in [-0.39, 0.29) is 5.82 Å². The number of benzene rings is 1. The maximum atomic E-state index is 14.0. The van der Waals surface area contributed by atoms with Crippen LogP contribution in [0.5, 0.6) is 0 Å². The van der Waals surface area contributed by atoms with E-state index in [0.29, 0.717) is 24.2 Å². The predicted octanol–water partition coefficient (Wildman–Crippen LogP) is 1.67. The molecule has 1 saturated heterocycles. The molecular weight excluding hydrogens is 229 g/mol. The molecule has 18 heavy (non-hydrogen) atoms. The van der Waals surface area contributed by atoms with Crippen LogP contribution < -0.4 is 10.6 Å². The first-order chi connectivity index (χ1) is 8.52. The quantitative estimate of drug-likeness (QED) is 0.887. The largest absolute Gasteiger partial charge is 0.367 e. The van der Waals surface area contributed by atoms with Crippen LogP contribution in [0.2, 0.25) is 0 Å². The van der Waals surface area contributed by atoms with Gasteiger partial charge in [-0.05, 0) is 37.7 Å². The standard InChI is InChI=1S/C14H22FN3/c1-10-8-18(9-14(10)17(2)3)13-5-4-11(7-16)6-12(13)15/h4-6,10,14H,7-9,16H2,1-3H3. The van der Waals surface area contributed by atoms with Gasteiger partial charge in [0, 0.05) is 25.7 Å². The highest BCUT2D eigenvalue weighted by molar-refractivity contribution is 5.50. The van der Waals surface area contributed by atoms with Crippen molar-refractivity contribution in [3.8, 4) is 0 Å². The normalized spacial score (nSPS) is 24.0. The first kappa shape index (κ1) is 13.3. The highest BCUT2D eigenvalue weighted by atomic mass is 19.1. The lowest BCUT2D eigenvalue weighted by molar-refractivity contribution is 0.266. The fraction of sp³-hybridized carbons (Fsp3) is 0.571. The molecule has 0 aromatic heterocycles. The van der Waals surface area contributed by atoms with Gasteiger partial charge < -0.3 is 15.5 Å². The minimum Gasteiger partial charge on any atom is -0.367 e. The van der Waals surface area contributed by atoms with Gasteiger partial charge in [-0.15, -0.1) is 0 Å². The first-order valence-corrected chi connectivity index (χ1v) is 6.42. The van der Waals surface area contributed by atoms with Crippen LogP contribution in [-0.2, 0) is 6.54 Å². The van der Waals surface area contributed by atoms with E-state index in [4.69, 9.17) is 5.73 Å². The van der Waals surface area contributed by atoms with Crippen molar-refractivity contribution in [3.63, 3.8) is 0 Å². The third-order valence-electron chi connectivity index (χ3n) is 3.82. The molecule has 0 spiro atoms. The van der Waals surface area contributed by atoms with Crippen LogP contribution in [0.3, 0.4) is 0 Å². The van der Waals surface area contributed by atoms with E-state index in [1.54, 1.807) is 6.07 Å². The average molecular weight is 251 g/mol. The molecule has 0 radical (unpaired) electrons. The molecule has 0 amide bonds. The third-order valence-corrected chi connectivity index (χ3v) is 3.82. The number of anilines is 1. The van der Waals surface area contributed by atoms with Crippen LogP contribution in [0.1, 0.15) is 12.5 Å². The fourth-order valence-corrected chi connectivity index (χ4v) is 2.75. The number of likely N-dealkylation sites (N-methyl/N-ethyl adjacent to an activating group) is 1. The summed E-state index contributed by atoms with van der Waals surface area (Å²) in [6, 6.07) is 5.79. The van der Waals surface area contributed by atoms with Crippen LogP contribution in [0.4, 0.5) is 10.1 Å². The van der Waals surface area contributed by atoms with Gasteiger partial charge in [-0.3, -0.25) is 0 Å². The van der Waals surface area contributed by atoms with Crippen LogP contribution in [0, 0.1) is 11.7 Å². The zero-order chi connectivity index (χ0) is 13.3. The molecule has 2 atom stereocenters. The lowest BCUT2D eigenvalue weighted by Gasteiger charge is -2.23. The number of rotatable bonds is 3. The second kappa shape index (κ2) is 5.24. The smallest absolute Gasteiger partial charge is 0.146 e. The van der Waals surface area contributed by atoms with Gasteiger partial charge >= 0.3 is 0 Å². The van der Waals surface area contributed by atoms with Crippen molar-refractivity contribution < 1.29 is 4.39 Å². The summed E-state index contributed by atoms with van der Waals surface area (Å²) in [6.45, 7) is 4.39. The van der Waals surface area contributed by atoms with Crippen LogP contribution in [0.25, 0.3) is 0 Å². The molecule has 1 aromatic carbocycles. The number of hydrogen-bond donors (Lipinski definition) is 1. The number of nitrogens with two attached hydrogens (primary N) is 1. The number of halogens is 1. The average Bonchev–Trinajstić information content (AvgIpc) is 2.71. The molecule has 1 aromatic rings. The van der Waals surface area contributed by atoms with Gasteiger partial charge in [-0.2, -0.15) is 0 Å². The topological polar surface area (TPSA) is 32.5 Å². The summed E-state index contributed by atoms with van der Waals surface area (Å²) in [6.07, 6.45) is 0. The minimum atomic E-state index is -0.162. The zero-order valence-electron chi connectivity index (χ0n) is 11.4. The summed E-state index contributed by atoms with van der Waals surface area (Å²) in [7, 11) is 4.16. The summed E-state index contributed by atoms with van der Waals surface area (Å²) < 4.78 is 14.0. The molecule has 2 N–H and O–H groups in total. The summed E-state index contributed by atoms with van der Waals surface area (Å²) in [5.41, 5.74) is 7.06. The summed E-state index contributed by atoms with van der Waals surface area (Å²) >= 11 is 0. The maximum absolute atomic E-state index is 14.0. The molecule has 0 aliphatic carbocycles. The van der Waals surface area contributed by atoms with Gasteiger partial charge in [0.15, 0.2) is 0 Å². The van der Waals surface area contributed by atoms with Crippen molar-refractivity contribution in [1.29, 1.82) is 0 Å². The minimum absolute atomic E-state index is 0.162. The molecule has 0 bridgehead atoms. The Labute approximate surface area is 108 Å². The second-order valence-electron chi connectivity index (χ2n) is 5.40. The Morgan fingerprint density at radius 2 is 2.11 bits per heavy atom. The lowest BCUT2D eigenvalue weighted by Crippen LogP contribution is -2.34. The van der Waals surface area contributed by atoms with Gasteiger partial charge in [0.1, 0.15) is 5.82 Å². The number of hydrogen-bond acceptors (Lipinski definition) is 3. The van der Waals surface area contributed by atoms with Gasteiger partial charge in [-0.1, -0.05) is 13.0 Å². The molecule has 3 nitrogen and oxygen atoms in total. The highest BCUT2D eigenvalue weighted by Crippen LogP contribution is 2.28. The molecular formula is C14H22FN3.